The van der Waals surface area contributed by atoms with Gasteiger partial charge in [-0.15, -0.1) is 0 Å². The Bertz CT molecular complexity index is 492. The fraction of sp³-hybridized carbons (Fsp3) is 0.643. The van der Waals surface area contributed by atoms with E-state index >= 15 is 0 Å². The number of nitro groups is 1. The van der Waals surface area contributed by atoms with E-state index in [2.05, 4.69) is 28.6 Å². The first kappa shape index (κ1) is 14.7. The number of aryl methyl sites for hydroxylation is 1. The van der Waals surface area contributed by atoms with Crippen LogP contribution in [0.5, 0.6) is 0 Å². The maximum Gasteiger partial charge on any atom is 0.290 e. The number of likely N-dealkylation sites (N-methyl/N-ethyl adjacent to an activating group) is 1. The fourth-order valence-corrected chi connectivity index (χ4v) is 2.77. The molecular formula is C14H22N4O2. The summed E-state index contributed by atoms with van der Waals surface area (Å²) in [5.41, 5.74) is 0.572. The predicted octanol–water partition coefficient (Wildman–Crippen LogP) is 2.22. The van der Waals surface area contributed by atoms with Crippen molar-refractivity contribution in [2.75, 3.05) is 31.1 Å². The maximum atomic E-state index is 10.9. The first-order chi connectivity index (χ1) is 9.52. The summed E-state index contributed by atoms with van der Waals surface area (Å²) < 4.78 is 0. The molecule has 0 amide bonds. The van der Waals surface area contributed by atoms with E-state index in [1.54, 1.807) is 19.1 Å². The van der Waals surface area contributed by atoms with E-state index in [1.807, 2.05) is 0 Å². The monoisotopic (exact) mass is 278 g/mol. The van der Waals surface area contributed by atoms with Crippen molar-refractivity contribution in [2.45, 2.75) is 33.2 Å². The summed E-state index contributed by atoms with van der Waals surface area (Å²) in [6, 6.07) is 3.70. The number of hydrogen-bond donors (Lipinski definition) is 0. The molecule has 1 aromatic heterocycles. The van der Waals surface area contributed by atoms with E-state index in [4.69, 9.17) is 0 Å². The first-order valence-corrected chi connectivity index (χ1v) is 7.14. The lowest BCUT2D eigenvalue weighted by Crippen LogP contribution is -2.39. The molecule has 1 aliphatic heterocycles. The molecule has 0 aliphatic carbocycles. The van der Waals surface area contributed by atoms with E-state index in [9.17, 15) is 10.1 Å². The molecule has 1 aliphatic rings. The number of hydrogen-bond acceptors (Lipinski definition) is 5. The molecule has 6 heteroatoms. The van der Waals surface area contributed by atoms with Gasteiger partial charge in [-0.25, -0.2) is 4.98 Å². The highest BCUT2D eigenvalue weighted by molar-refractivity contribution is 5.47. The van der Waals surface area contributed by atoms with Crippen molar-refractivity contribution >= 4 is 11.5 Å². The van der Waals surface area contributed by atoms with Gasteiger partial charge in [0.1, 0.15) is 11.5 Å². The number of aromatic nitrogens is 1. The normalized spacial score (nSPS) is 20.8. The second-order valence-corrected chi connectivity index (χ2v) is 5.32. The van der Waals surface area contributed by atoms with Gasteiger partial charge in [-0.2, -0.15) is 0 Å². The van der Waals surface area contributed by atoms with Crippen molar-refractivity contribution in [3.05, 3.63) is 27.9 Å². The summed E-state index contributed by atoms with van der Waals surface area (Å²) >= 11 is 0. The van der Waals surface area contributed by atoms with Gasteiger partial charge < -0.3 is 9.80 Å². The summed E-state index contributed by atoms with van der Waals surface area (Å²) in [5.74, 6) is 0.846. The van der Waals surface area contributed by atoms with Crippen molar-refractivity contribution in [1.29, 1.82) is 0 Å². The molecule has 0 N–H and O–H groups in total. The van der Waals surface area contributed by atoms with Gasteiger partial charge in [0.25, 0.3) is 5.69 Å². The third kappa shape index (κ3) is 3.07. The van der Waals surface area contributed by atoms with E-state index < -0.39 is 0 Å². The van der Waals surface area contributed by atoms with Crippen molar-refractivity contribution in [3.8, 4) is 0 Å². The zero-order chi connectivity index (χ0) is 14.7. The Morgan fingerprint density at radius 3 is 2.80 bits per heavy atom. The first-order valence-electron chi connectivity index (χ1n) is 7.14. The van der Waals surface area contributed by atoms with Crippen LogP contribution in [0.25, 0.3) is 0 Å². The van der Waals surface area contributed by atoms with Gasteiger partial charge in [0.15, 0.2) is 0 Å². The minimum absolute atomic E-state index is 0.0893. The smallest absolute Gasteiger partial charge is 0.290 e. The maximum absolute atomic E-state index is 10.9. The molecule has 1 aromatic rings. The summed E-state index contributed by atoms with van der Waals surface area (Å²) in [6.07, 6.45) is 1.09. The molecule has 0 aromatic carbocycles. The molecule has 0 radical (unpaired) electrons. The lowest BCUT2D eigenvalue weighted by atomic mass is 10.2. The molecule has 2 rings (SSSR count). The van der Waals surface area contributed by atoms with Crippen LogP contribution in [0.15, 0.2) is 12.1 Å². The minimum Gasteiger partial charge on any atom is -0.353 e. The van der Waals surface area contributed by atoms with Crippen molar-refractivity contribution in [1.82, 2.24) is 9.88 Å². The number of pyridine rings is 1. The molecule has 1 unspecified atom stereocenters. The standard InChI is InChI=1S/C14H22N4O2/c1-4-16-8-5-9-17(11(2)10-16)14-7-6-13(18(19)20)12(3)15-14/h6-7,11H,4-5,8-10H2,1-3H3. The van der Waals surface area contributed by atoms with Gasteiger partial charge in [0.2, 0.25) is 0 Å². The molecule has 1 atom stereocenters. The van der Waals surface area contributed by atoms with Crippen LogP contribution in [-0.4, -0.2) is 47.0 Å². The second kappa shape index (κ2) is 6.17. The van der Waals surface area contributed by atoms with Crippen LogP contribution in [0, 0.1) is 17.0 Å². The molecule has 0 spiro atoms. The van der Waals surface area contributed by atoms with Crippen molar-refractivity contribution < 1.29 is 4.92 Å². The van der Waals surface area contributed by atoms with Gasteiger partial charge in [-0.05, 0) is 39.4 Å². The van der Waals surface area contributed by atoms with Crippen LogP contribution in [0.4, 0.5) is 11.5 Å². The molecule has 110 valence electrons. The molecule has 0 saturated carbocycles. The van der Waals surface area contributed by atoms with Gasteiger partial charge >= 0.3 is 0 Å². The lowest BCUT2D eigenvalue weighted by Gasteiger charge is -2.29. The molecule has 2 heterocycles. The average molecular weight is 278 g/mol. The van der Waals surface area contributed by atoms with Crippen molar-refractivity contribution in [3.63, 3.8) is 0 Å². The third-order valence-electron chi connectivity index (χ3n) is 3.91. The zero-order valence-electron chi connectivity index (χ0n) is 12.4. The number of nitrogens with zero attached hydrogens (tertiary/aromatic N) is 4. The molecule has 1 saturated heterocycles. The molecule has 0 bridgehead atoms. The summed E-state index contributed by atoms with van der Waals surface area (Å²) in [5, 5.41) is 10.9. The van der Waals surface area contributed by atoms with Crippen LogP contribution < -0.4 is 4.90 Å². The van der Waals surface area contributed by atoms with Crippen LogP contribution in [0.2, 0.25) is 0 Å². The highest BCUT2D eigenvalue weighted by Crippen LogP contribution is 2.23. The number of rotatable bonds is 3. The van der Waals surface area contributed by atoms with Crippen LogP contribution in [0.1, 0.15) is 26.0 Å². The largest absolute Gasteiger partial charge is 0.353 e. The van der Waals surface area contributed by atoms with Crippen LogP contribution in [-0.2, 0) is 0 Å². The minimum atomic E-state index is -0.378. The van der Waals surface area contributed by atoms with Crippen molar-refractivity contribution in [2.24, 2.45) is 0 Å². The molecule has 6 nitrogen and oxygen atoms in total. The quantitative estimate of drug-likeness (QED) is 0.626. The molecular weight excluding hydrogens is 256 g/mol. The Kier molecular flexibility index (Phi) is 4.54. The Morgan fingerprint density at radius 2 is 2.20 bits per heavy atom. The van der Waals surface area contributed by atoms with E-state index in [-0.39, 0.29) is 10.6 Å². The van der Waals surface area contributed by atoms with Gasteiger partial charge in [-0.1, -0.05) is 6.92 Å². The molecule has 20 heavy (non-hydrogen) atoms. The lowest BCUT2D eigenvalue weighted by molar-refractivity contribution is -0.385. The predicted molar refractivity (Wildman–Crippen MR) is 79.2 cm³/mol. The summed E-state index contributed by atoms with van der Waals surface area (Å²) in [7, 11) is 0. The van der Waals surface area contributed by atoms with E-state index in [0.717, 1.165) is 38.4 Å². The van der Waals surface area contributed by atoms with Gasteiger partial charge in [0.05, 0.1) is 4.92 Å². The SMILES string of the molecule is CCN1CCCN(c2ccc([N+](=O)[O-])c(C)n2)C(C)C1. The van der Waals surface area contributed by atoms with E-state index in [0.29, 0.717) is 11.7 Å². The Morgan fingerprint density at radius 1 is 1.45 bits per heavy atom. The Balaban J connectivity index is 2.22. The summed E-state index contributed by atoms with van der Waals surface area (Å²) in [6.45, 7) is 10.2. The molecule has 1 fully saturated rings. The fourth-order valence-electron chi connectivity index (χ4n) is 2.77. The van der Waals surface area contributed by atoms with Gasteiger partial charge in [-0.3, -0.25) is 10.1 Å². The highest BCUT2D eigenvalue weighted by atomic mass is 16.6. The topological polar surface area (TPSA) is 62.5 Å². The zero-order valence-corrected chi connectivity index (χ0v) is 12.4. The van der Waals surface area contributed by atoms with Gasteiger partial charge in [0, 0.05) is 25.2 Å². The van der Waals surface area contributed by atoms with Crippen LogP contribution in [0.3, 0.4) is 0 Å². The number of anilines is 1. The third-order valence-corrected chi connectivity index (χ3v) is 3.91. The van der Waals surface area contributed by atoms with E-state index in [1.165, 1.54) is 0 Å². The second-order valence-electron chi connectivity index (χ2n) is 5.32. The Hall–Kier alpha value is -1.69. The Labute approximate surface area is 119 Å². The summed E-state index contributed by atoms with van der Waals surface area (Å²) in [4.78, 5) is 19.6. The average Bonchev–Trinajstić information content (AvgIpc) is 2.59. The van der Waals surface area contributed by atoms with Crippen LogP contribution >= 0.6 is 0 Å². The highest BCUT2D eigenvalue weighted by Gasteiger charge is 2.23.